The van der Waals surface area contributed by atoms with Gasteiger partial charge in [-0.15, -0.1) is 12.8 Å². The van der Waals surface area contributed by atoms with Crippen molar-refractivity contribution in [3.63, 3.8) is 0 Å². The largest absolute Gasteiger partial charge is 0.460 e. The fraction of sp³-hybridized carbons (Fsp3) is 0.812. The molecule has 0 fully saturated rings. The lowest BCUT2D eigenvalue weighted by molar-refractivity contribution is -0.151. The van der Waals surface area contributed by atoms with Crippen molar-refractivity contribution in [3.05, 3.63) is 0 Å². The second kappa shape index (κ2) is 21.2. The van der Waals surface area contributed by atoms with E-state index in [0.29, 0.717) is 19.8 Å². The Kier molecular flexibility index (Phi) is 28.4. The molecule has 128 valence electrons. The molecule has 0 amide bonds. The molecule has 0 spiro atoms. The van der Waals surface area contributed by atoms with Gasteiger partial charge in [0.25, 0.3) is 0 Å². The molecule has 0 aromatic rings. The van der Waals surface area contributed by atoms with Gasteiger partial charge < -0.3 is 19.9 Å². The third-order valence-electron chi connectivity index (χ3n) is 1.35. The van der Waals surface area contributed by atoms with E-state index in [0.717, 1.165) is 0 Å². The molecule has 0 atom stereocenters. The van der Waals surface area contributed by atoms with Crippen LogP contribution in [0.4, 0.5) is 0 Å². The van der Waals surface area contributed by atoms with E-state index >= 15 is 0 Å². The average Bonchev–Trinajstić information content (AvgIpc) is 2.41. The van der Waals surface area contributed by atoms with Gasteiger partial charge in [0.1, 0.15) is 5.60 Å². The molecule has 0 aliphatic heterocycles. The summed E-state index contributed by atoms with van der Waals surface area (Å²) in [4.78, 5) is 10.2. The standard InChI is InChI=1S/C6H15NO2.C6H12O2.C2H6.C2H2/c1-3-8-6(5-7)9-4-2;1-5(7)8-6(2,3)4;2*1-2/h6H,3-5,7H2,1-2H3;1-4H3;1-2H3;1-2H. The lowest BCUT2D eigenvalue weighted by Gasteiger charge is -2.17. The van der Waals surface area contributed by atoms with E-state index in [4.69, 9.17) is 19.9 Å². The summed E-state index contributed by atoms with van der Waals surface area (Å²) >= 11 is 0. The van der Waals surface area contributed by atoms with E-state index in [1.165, 1.54) is 6.92 Å². The minimum absolute atomic E-state index is 0.208. The smallest absolute Gasteiger partial charge is 0.303 e. The van der Waals surface area contributed by atoms with Crippen LogP contribution in [0.5, 0.6) is 0 Å². The van der Waals surface area contributed by atoms with Gasteiger partial charge in [-0.1, -0.05) is 13.8 Å². The van der Waals surface area contributed by atoms with Crippen molar-refractivity contribution in [2.45, 2.75) is 67.3 Å². The number of carbonyl (C=O) groups excluding carboxylic acids is 1. The molecule has 0 aliphatic rings. The molecule has 0 saturated carbocycles. The fourth-order valence-corrected chi connectivity index (χ4v) is 0.987. The summed E-state index contributed by atoms with van der Waals surface area (Å²) in [7, 11) is 0. The number of nitrogens with two attached hydrogens (primary N) is 1. The molecule has 0 bridgehead atoms. The summed E-state index contributed by atoms with van der Waals surface area (Å²) in [6.45, 7) is 16.5. The van der Waals surface area contributed by atoms with E-state index < -0.39 is 0 Å². The number of ether oxygens (including phenoxy) is 3. The Hall–Kier alpha value is -1.09. The molecule has 5 heteroatoms. The van der Waals surface area contributed by atoms with Crippen LogP contribution in [-0.4, -0.2) is 37.6 Å². The van der Waals surface area contributed by atoms with Crippen LogP contribution in [0.25, 0.3) is 0 Å². The minimum Gasteiger partial charge on any atom is -0.460 e. The lowest BCUT2D eigenvalue weighted by Crippen LogP contribution is -2.26. The van der Waals surface area contributed by atoms with Crippen molar-refractivity contribution >= 4 is 5.97 Å². The highest BCUT2D eigenvalue weighted by molar-refractivity contribution is 5.66. The van der Waals surface area contributed by atoms with Crippen molar-refractivity contribution in [1.82, 2.24) is 0 Å². The topological polar surface area (TPSA) is 70.8 Å². The van der Waals surface area contributed by atoms with Crippen LogP contribution in [0.2, 0.25) is 0 Å². The fourth-order valence-electron chi connectivity index (χ4n) is 0.987. The summed E-state index contributed by atoms with van der Waals surface area (Å²) < 4.78 is 15.0. The monoisotopic (exact) mass is 305 g/mol. The molecule has 0 radical (unpaired) electrons. The Morgan fingerprint density at radius 1 is 1.10 bits per heavy atom. The van der Waals surface area contributed by atoms with Crippen molar-refractivity contribution in [2.24, 2.45) is 5.73 Å². The zero-order valence-corrected chi connectivity index (χ0v) is 15.1. The Morgan fingerprint density at radius 2 is 1.43 bits per heavy atom. The molecule has 21 heavy (non-hydrogen) atoms. The number of rotatable bonds is 5. The molecule has 0 aromatic heterocycles. The minimum atomic E-state index is -0.328. The van der Waals surface area contributed by atoms with Gasteiger partial charge in [-0.05, 0) is 34.6 Å². The maximum atomic E-state index is 10.2. The van der Waals surface area contributed by atoms with Gasteiger partial charge >= 0.3 is 5.97 Å². The van der Waals surface area contributed by atoms with E-state index in [-0.39, 0.29) is 17.9 Å². The molecular weight excluding hydrogens is 270 g/mol. The lowest BCUT2D eigenvalue weighted by atomic mass is 10.2. The molecule has 0 saturated heterocycles. The first-order valence-electron chi connectivity index (χ1n) is 7.23. The highest BCUT2D eigenvalue weighted by atomic mass is 16.7. The predicted molar refractivity (Wildman–Crippen MR) is 88.9 cm³/mol. The molecular formula is C16H35NO4. The van der Waals surface area contributed by atoms with Gasteiger partial charge in [-0.3, -0.25) is 4.79 Å². The molecule has 0 unspecified atom stereocenters. The second-order valence-electron chi connectivity index (χ2n) is 4.28. The second-order valence-corrected chi connectivity index (χ2v) is 4.28. The summed E-state index contributed by atoms with van der Waals surface area (Å²) in [5, 5.41) is 0. The number of carbonyl (C=O) groups is 1. The normalized spacial score (nSPS) is 9.14. The van der Waals surface area contributed by atoms with Crippen LogP contribution in [-0.2, 0) is 19.0 Å². The van der Waals surface area contributed by atoms with Gasteiger partial charge in [0.15, 0.2) is 6.29 Å². The van der Waals surface area contributed by atoms with Gasteiger partial charge in [0.05, 0.1) is 0 Å². The highest BCUT2D eigenvalue weighted by Crippen LogP contribution is 2.05. The number of hydrogen-bond donors (Lipinski definition) is 1. The SMILES string of the molecule is C#C.CC.CC(=O)OC(C)(C)C.CCOC(CN)OCC. The van der Waals surface area contributed by atoms with Crippen molar-refractivity contribution in [2.75, 3.05) is 19.8 Å². The first-order chi connectivity index (χ1) is 9.76. The van der Waals surface area contributed by atoms with Gasteiger partial charge in [0.2, 0.25) is 0 Å². The number of hydrogen-bond acceptors (Lipinski definition) is 5. The average molecular weight is 305 g/mol. The molecule has 5 nitrogen and oxygen atoms in total. The van der Waals surface area contributed by atoms with Gasteiger partial charge in [-0.2, -0.15) is 0 Å². The van der Waals surface area contributed by atoms with E-state index in [9.17, 15) is 4.79 Å². The zero-order chi connectivity index (χ0) is 17.9. The van der Waals surface area contributed by atoms with Crippen molar-refractivity contribution in [3.8, 4) is 12.8 Å². The van der Waals surface area contributed by atoms with Gasteiger partial charge in [-0.25, -0.2) is 0 Å². The number of esters is 1. The molecule has 0 heterocycles. The first kappa shape index (κ1) is 28.1. The van der Waals surface area contributed by atoms with Crippen LogP contribution in [0, 0.1) is 12.8 Å². The highest BCUT2D eigenvalue weighted by Gasteiger charge is 2.11. The molecule has 0 rings (SSSR count). The molecule has 0 aliphatic carbocycles. The summed E-state index contributed by atoms with van der Waals surface area (Å²) in [5.74, 6) is -0.225. The Labute approximate surface area is 131 Å². The van der Waals surface area contributed by atoms with Crippen molar-refractivity contribution < 1.29 is 19.0 Å². The van der Waals surface area contributed by atoms with Crippen LogP contribution in [0.15, 0.2) is 0 Å². The maximum absolute atomic E-state index is 10.2. The third kappa shape index (κ3) is 38.1. The zero-order valence-electron chi connectivity index (χ0n) is 15.1. The Morgan fingerprint density at radius 3 is 1.52 bits per heavy atom. The third-order valence-corrected chi connectivity index (χ3v) is 1.35. The van der Waals surface area contributed by atoms with E-state index in [1.807, 2.05) is 48.5 Å². The number of terminal acetylenes is 1. The summed E-state index contributed by atoms with van der Waals surface area (Å²) in [6.07, 6.45) is 7.79. The van der Waals surface area contributed by atoms with Gasteiger partial charge in [0, 0.05) is 26.7 Å². The first-order valence-corrected chi connectivity index (χ1v) is 7.23. The van der Waals surface area contributed by atoms with Crippen LogP contribution in [0.3, 0.4) is 0 Å². The summed E-state index contributed by atoms with van der Waals surface area (Å²) in [6, 6.07) is 0. The van der Waals surface area contributed by atoms with E-state index in [1.54, 1.807) is 0 Å². The van der Waals surface area contributed by atoms with Crippen LogP contribution < -0.4 is 5.73 Å². The van der Waals surface area contributed by atoms with Crippen LogP contribution >= 0.6 is 0 Å². The maximum Gasteiger partial charge on any atom is 0.303 e. The van der Waals surface area contributed by atoms with E-state index in [2.05, 4.69) is 12.8 Å². The van der Waals surface area contributed by atoms with Crippen LogP contribution in [0.1, 0.15) is 55.4 Å². The predicted octanol–water partition coefficient (Wildman–Crippen LogP) is 2.97. The Balaban J connectivity index is -0.000000111. The quantitative estimate of drug-likeness (QED) is 0.480. The van der Waals surface area contributed by atoms with Crippen molar-refractivity contribution in [1.29, 1.82) is 0 Å². The summed E-state index contributed by atoms with van der Waals surface area (Å²) in [5.41, 5.74) is 4.97. The molecule has 0 aromatic carbocycles. The molecule has 2 N–H and O–H groups in total. The Bertz CT molecular complexity index is 216.